The van der Waals surface area contributed by atoms with Gasteiger partial charge in [-0.15, -0.1) is 0 Å². The molecule has 104 valence electrons. The molecule has 2 rings (SSSR count). The maximum Gasteiger partial charge on any atom is 0.0757 e. The molecule has 1 N–H and O–H groups in total. The van der Waals surface area contributed by atoms with Gasteiger partial charge in [0.15, 0.2) is 0 Å². The molecule has 1 unspecified atom stereocenters. The Labute approximate surface area is 132 Å². The van der Waals surface area contributed by atoms with Gasteiger partial charge in [0, 0.05) is 15.1 Å². The highest BCUT2D eigenvalue weighted by molar-refractivity contribution is 9.11. The van der Waals surface area contributed by atoms with Crippen LogP contribution in [0.3, 0.4) is 0 Å². The first-order valence-corrected chi connectivity index (χ1v) is 8.54. The highest BCUT2D eigenvalue weighted by Crippen LogP contribution is 2.32. The number of allylic oxidation sites excluding steroid dienone is 1. The molecule has 1 aromatic rings. The second-order valence-corrected chi connectivity index (χ2v) is 6.66. The molecule has 1 aliphatic carbocycles. The number of pyridine rings is 1. The Balaban J connectivity index is 2.30. The molecule has 19 heavy (non-hydrogen) atoms. The van der Waals surface area contributed by atoms with Crippen LogP contribution >= 0.6 is 31.9 Å². The van der Waals surface area contributed by atoms with Crippen molar-refractivity contribution in [3.63, 3.8) is 0 Å². The van der Waals surface area contributed by atoms with Gasteiger partial charge in [-0.25, -0.2) is 0 Å². The minimum atomic E-state index is 0.241. The van der Waals surface area contributed by atoms with Crippen molar-refractivity contribution in [3.05, 3.63) is 38.6 Å². The standard InChI is InChI=1S/C15H20Br2N2/c1-2-18-14(11-7-5-3-4-6-8-11)15-13(17)9-12(16)10-19-15/h7,9-10,14,18H,2-6,8H2,1H3. The number of nitrogens with one attached hydrogen (secondary N) is 1. The van der Waals surface area contributed by atoms with E-state index >= 15 is 0 Å². The second-order valence-electron chi connectivity index (χ2n) is 4.89. The van der Waals surface area contributed by atoms with Crippen LogP contribution in [0.15, 0.2) is 32.9 Å². The van der Waals surface area contributed by atoms with E-state index in [1.165, 1.54) is 37.7 Å². The summed E-state index contributed by atoms with van der Waals surface area (Å²) in [6.45, 7) is 3.10. The summed E-state index contributed by atoms with van der Waals surface area (Å²) in [6.07, 6.45) is 10.6. The molecule has 0 spiro atoms. The second kappa shape index (κ2) is 7.55. The predicted octanol–water partition coefficient (Wildman–Crippen LogP) is 5.15. The molecule has 0 amide bonds. The number of halogens is 2. The molecule has 1 aromatic heterocycles. The number of hydrogen-bond donors (Lipinski definition) is 1. The molecule has 0 saturated carbocycles. The van der Waals surface area contributed by atoms with E-state index in [9.17, 15) is 0 Å². The fourth-order valence-corrected chi connectivity index (χ4v) is 3.76. The minimum Gasteiger partial charge on any atom is -0.305 e. The van der Waals surface area contributed by atoms with Crippen molar-refractivity contribution in [3.8, 4) is 0 Å². The zero-order chi connectivity index (χ0) is 13.7. The average Bonchev–Trinajstić information content (AvgIpc) is 2.65. The van der Waals surface area contributed by atoms with Crippen molar-refractivity contribution in [1.29, 1.82) is 0 Å². The third-order valence-electron chi connectivity index (χ3n) is 3.46. The van der Waals surface area contributed by atoms with E-state index in [0.717, 1.165) is 21.2 Å². The van der Waals surface area contributed by atoms with Gasteiger partial charge in [0.05, 0.1) is 11.7 Å². The van der Waals surface area contributed by atoms with Crippen LogP contribution in [0.2, 0.25) is 0 Å². The topological polar surface area (TPSA) is 24.9 Å². The van der Waals surface area contributed by atoms with Crippen LogP contribution in [0, 0.1) is 0 Å². The molecule has 4 heteroatoms. The van der Waals surface area contributed by atoms with E-state index in [0.29, 0.717) is 0 Å². The lowest BCUT2D eigenvalue weighted by Crippen LogP contribution is -2.24. The van der Waals surface area contributed by atoms with Crippen LogP contribution in [-0.2, 0) is 0 Å². The Kier molecular flexibility index (Phi) is 6.05. The summed E-state index contributed by atoms with van der Waals surface area (Å²) < 4.78 is 2.08. The van der Waals surface area contributed by atoms with Gasteiger partial charge in [-0.1, -0.05) is 25.0 Å². The first kappa shape index (κ1) is 15.2. The third kappa shape index (κ3) is 4.14. The van der Waals surface area contributed by atoms with Crippen LogP contribution in [0.4, 0.5) is 0 Å². The van der Waals surface area contributed by atoms with Crippen LogP contribution < -0.4 is 5.32 Å². The summed E-state index contributed by atoms with van der Waals surface area (Å²) in [6, 6.07) is 2.31. The molecule has 0 aromatic carbocycles. The number of rotatable bonds is 4. The minimum absolute atomic E-state index is 0.241. The van der Waals surface area contributed by atoms with Gasteiger partial charge in [0.2, 0.25) is 0 Å². The lowest BCUT2D eigenvalue weighted by molar-refractivity contribution is 0.575. The van der Waals surface area contributed by atoms with Crippen molar-refractivity contribution >= 4 is 31.9 Å². The van der Waals surface area contributed by atoms with Crippen LogP contribution in [0.5, 0.6) is 0 Å². The number of hydrogen-bond acceptors (Lipinski definition) is 2. The van der Waals surface area contributed by atoms with Crippen LogP contribution in [-0.4, -0.2) is 11.5 Å². The first-order valence-electron chi connectivity index (χ1n) is 6.95. The average molecular weight is 388 g/mol. The monoisotopic (exact) mass is 386 g/mol. The lowest BCUT2D eigenvalue weighted by Gasteiger charge is -2.22. The number of likely N-dealkylation sites (N-methyl/N-ethyl adjacent to an activating group) is 1. The quantitative estimate of drug-likeness (QED) is 0.722. The van der Waals surface area contributed by atoms with Gasteiger partial charge in [0.1, 0.15) is 0 Å². The molecular formula is C15H20Br2N2. The molecule has 2 nitrogen and oxygen atoms in total. The van der Waals surface area contributed by atoms with Gasteiger partial charge in [0.25, 0.3) is 0 Å². The SMILES string of the molecule is CCNC(C1=CCCCCC1)c1ncc(Br)cc1Br. The summed E-state index contributed by atoms with van der Waals surface area (Å²) in [5.74, 6) is 0. The zero-order valence-electron chi connectivity index (χ0n) is 11.3. The predicted molar refractivity (Wildman–Crippen MR) is 87.2 cm³/mol. The molecular weight excluding hydrogens is 368 g/mol. The Bertz CT molecular complexity index is 457. The Morgan fingerprint density at radius 2 is 2.16 bits per heavy atom. The van der Waals surface area contributed by atoms with E-state index in [-0.39, 0.29) is 6.04 Å². The normalized spacial score (nSPS) is 17.7. The fraction of sp³-hybridized carbons (Fsp3) is 0.533. The largest absolute Gasteiger partial charge is 0.305 e. The van der Waals surface area contributed by atoms with E-state index in [2.05, 4.69) is 61.2 Å². The van der Waals surface area contributed by atoms with Crippen molar-refractivity contribution in [2.24, 2.45) is 0 Å². The van der Waals surface area contributed by atoms with Gasteiger partial charge < -0.3 is 5.32 Å². The van der Waals surface area contributed by atoms with Gasteiger partial charge >= 0.3 is 0 Å². The molecule has 0 bridgehead atoms. The van der Waals surface area contributed by atoms with E-state index in [1.807, 2.05) is 6.20 Å². The van der Waals surface area contributed by atoms with Crippen molar-refractivity contribution in [2.45, 2.75) is 45.1 Å². The Morgan fingerprint density at radius 3 is 2.89 bits per heavy atom. The molecule has 0 radical (unpaired) electrons. The van der Waals surface area contributed by atoms with Gasteiger partial charge in [-0.05, 0) is 70.2 Å². The van der Waals surface area contributed by atoms with Crippen molar-refractivity contribution in [1.82, 2.24) is 10.3 Å². The molecule has 0 saturated heterocycles. The molecule has 1 heterocycles. The fourth-order valence-electron chi connectivity index (χ4n) is 2.55. The van der Waals surface area contributed by atoms with Crippen LogP contribution in [0.1, 0.15) is 50.8 Å². The molecule has 1 atom stereocenters. The van der Waals surface area contributed by atoms with Gasteiger partial charge in [-0.2, -0.15) is 0 Å². The van der Waals surface area contributed by atoms with E-state index in [1.54, 1.807) is 0 Å². The Morgan fingerprint density at radius 1 is 1.32 bits per heavy atom. The Hall–Kier alpha value is -0.190. The van der Waals surface area contributed by atoms with E-state index in [4.69, 9.17) is 0 Å². The summed E-state index contributed by atoms with van der Waals surface area (Å²) in [5, 5.41) is 3.58. The summed E-state index contributed by atoms with van der Waals surface area (Å²) in [5.41, 5.74) is 2.59. The summed E-state index contributed by atoms with van der Waals surface area (Å²) in [4.78, 5) is 4.61. The van der Waals surface area contributed by atoms with Crippen molar-refractivity contribution < 1.29 is 0 Å². The zero-order valence-corrected chi connectivity index (χ0v) is 14.4. The van der Waals surface area contributed by atoms with E-state index < -0.39 is 0 Å². The molecule has 0 aliphatic heterocycles. The smallest absolute Gasteiger partial charge is 0.0757 e. The number of aromatic nitrogens is 1. The highest BCUT2D eigenvalue weighted by atomic mass is 79.9. The first-order chi connectivity index (χ1) is 9.22. The third-order valence-corrected chi connectivity index (χ3v) is 4.53. The van der Waals surface area contributed by atoms with Gasteiger partial charge in [-0.3, -0.25) is 4.98 Å². The van der Waals surface area contributed by atoms with Crippen molar-refractivity contribution in [2.75, 3.05) is 6.54 Å². The maximum atomic E-state index is 4.61. The molecule has 1 aliphatic rings. The number of nitrogens with zero attached hydrogens (tertiary/aromatic N) is 1. The molecule has 0 fully saturated rings. The highest BCUT2D eigenvalue weighted by Gasteiger charge is 2.20. The van der Waals surface area contributed by atoms with Crippen LogP contribution in [0.25, 0.3) is 0 Å². The summed E-state index contributed by atoms with van der Waals surface area (Å²) >= 11 is 7.11. The maximum absolute atomic E-state index is 4.61. The summed E-state index contributed by atoms with van der Waals surface area (Å²) in [7, 11) is 0. The lowest BCUT2D eigenvalue weighted by atomic mass is 9.98.